The molecule has 2 aliphatic rings. The Balaban J connectivity index is 1.68. The third-order valence-corrected chi connectivity index (χ3v) is 3.71. The lowest BCUT2D eigenvalue weighted by Gasteiger charge is -2.37. The molecule has 1 aromatic rings. The lowest BCUT2D eigenvalue weighted by molar-refractivity contribution is -0.142. The molecule has 3 rings (SSSR count). The van der Waals surface area contributed by atoms with E-state index in [-0.39, 0.29) is 18.1 Å². The van der Waals surface area contributed by atoms with Crippen molar-refractivity contribution < 1.29 is 9.53 Å². The molecule has 0 spiro atoms. The van der Waals surface area contributed by atoms with Crippen LogP contribution in [0.2, 0.25) is 0 Å². The number of ether oxygens (including phenoxy) is 1. The highest BCUT2D eigenvalue weighted by Gasteiger charge is 2.38. The Hall–Kier alpha value is -1.39. The fourth-order valence-corrected chi connectivity index (χ4v) is 2.77. The molecule has 2 saturated heterocycles. The molecule has 2 heterocycles. The molecule has 1 N–H and O–H groups in total. The van der Waals surface area contributed by atoms with Gasteiger partial charge in [-0.3, -0.25) is 4.79 Å². The second kappa shape index (κ2) is 5.08. The zero-order chi connectivity index (χ0) is 12.4. The van der Waals surface area contributed by atoms with Crippen LogP contribution in [0.5, 0.6) is 0 Å². The number of rotatable bonds is 2. The topological polar surface area (TPSA) is 41.6 Å². The number of amides is 1. The van der Waals surface area contributed by atoms with Crippen molar-refractivity contribution in [3.8, 4) is 0 Å². The number of nitrogens with one attached hydrogen (secondary N) is 1. The van der Waals surface area contributed by atoms with Crippen LogP contribution in [0.4, 0.5) is 0 Å². The molecule has 0 saturated carbocycles. The van der Waals surface area contributed by atoms with Crippen LogP contribution in [-0.2, 0) is 16.0 Å². The highest BCUT2D eigenvalue weighted by atomic mass is 16.5. The van der Waals surface area contributed by atoms with Crippen molar-refractivity contribution in [2.75, 3.05) is 26.2 Å². The molecule has 2 fully saturated rings. The third kappa shape index (κ3) is 2.26. The van der Waals surface area contributed by atoms with E-state index in [4.69, 9.17) is 4.74 Å². The van der Waals surface area contributed by atoms with Crippen LogP contribution in [0.25, 0.3) is 0 Å². The third-order valence-electron chi connectivity index (χ3n) is 3.71. The van der Waals surface area contributed by atoms with Crippen molar-refractivity contribution in [1.29, 1.82) is 0 Å². The smallest absolute Gasteiger partial charge is 0.227 e. The summed E-state index contributed by atoms with van der Waals surface area (Å²) >= 11 is 0. The molecule has 4 heteroatoms. The van der Waals surface area contributed by atoms with E-state index in [1.54, 1.807) is 0 Å². The van der Waals surface area contributed by atoms with Gasteiger partial charge >= 0.3 is 0 Å². The predicted octanol–water partition coefficient (Wildman–Crippen LogP) is 0.428. The minimum Gasteiger partial charge on any atom is -0.373 e. The monoisotopic (exact) mass is 246 g/mol. The van der Waals surface area contributed by atoms with Crippen LogP contribution in [0.3, 0.4) is 0 Å². The van der Waals surface area contributed by atoms with E-state index in [2.05, 4.69) is 5.32 Å². The molecule has 1 aromatic carbocycles. The Morgan fingerprint density at radius 1 is 1.33 bits per heavy atom. The Morgan fingerprint density at radius 3 is 3.00 bits per heavy atom. The molecule has 1 amide bonds. The number of benzene rings is 1. The average Bonchev–Trinajstić information content (AvgIpc) is 2.87. The van der Waals surface area contributed by atoms with Crippen LogP contribution in [0.15, 0.2) is 30.3 Å². The molecule has 0 radical (unpaired) electrons. The minimum atomic E-state index is 0.179. The highest BCUT2D eigenvalue weighted by molar-refractivity contribution is 5.79. The van der Waals surface area contributed by atoms with Gasteiger partial charge in [-0.1, -0.05) is 30.3 Å². The predicted molar refractivity (Wildman–Crippen MR) is 68.3 cm³/mol. The largest absolute Gasteiger partial charge is 0.373 e. The van der Waals surface area contributed by atoms with Gasteiger partial charge in [-0.05, 0) is 5.56 Å². The Labute approximate surface area is 107 Å². The van der Waals surface area contributed by atoms with Gasteiger partial charge in [0.1, 0.15) is 0 Å². The van der Waals surface area contributed by atoms with Gasteiger partial charge in [-0.15, -0.1) is 0 Å². The number of carbonyl (C=O) groups excluding carboxylic acids is 1. The second-order valence-corrected chi connectivity index (χ2v) is 4.88. The summed E-state index contributed by atoms with van der Waals surface area (Å²) in [5.74, 6) is 0.211. The second-order valence-electron chi connectivity index (χ2n) is 4.88. The van der Waals surface area contributed by atoms with Gasteiger partial charge in [0.2, 0.25) is 5.91 Å². The first-order valence-corrected chi connectivity index (χ1v) is 6.50. The van der Waals surface area contributed by atoms with Crippen molar-refractivity contribution in [3.63, 3.8) is 0 Å². The first kappa shape index (κ1) is 11.7. The summed E-state index contributed by atoms with van der Waals surface area (Å²) < 4.78 is 5.68. The summed E-state index contributed by atoms with van der Waals surface area (Å²) in [6.45, 7) is 3.09. The Bertz CT molecular complexity index is 421. The molecule has 18 heavy (non-hydrogen) atoms. The normalized spacial score (nSPS) is 27.0. The first-order chi connectivity index (χ1) is 8.84. The van der Waals surface area contributed by atoms with E-state index in [0.717, 1.165) is 18.7 Å². The zero-order valence-corrected chi connectivity index (χ0v) is 10.3. The maximum absolute atomic E-state index is 12.4. The molecule has 0 aliphatic carbocycles. The number of hydrogen-bond donors (Lipinski definition) is 1. The lowest BCUT2D eigenvalue weighted by atomic mass is 10.1. The maximum Gasteiger partial charge on any atom is 0.227 e. The van der Waals surface area contributed by atoms with E-state index in [1.807, 2.05) is 35.2 Å². The van der Waals surface area contributed by atoms with Crippen LogP contribution in [0, 0.1) is 0 Å². The van der Waals surface area contributed by atoms with E-state index >= 15 is 0 Å². The van der Waals surface area contributed by atoms with Gasteiger partial charge in [0.05, 0.1) is 25.2 Å². The summed E-state index contributed by atoms with van der Waals surface area (Å²) in [4.78, 5) is 14.3. The molecule has 0 unspecified atom stereocenters. The molecule has 96 valence electrons. The minimum absolute atomic E-state index is 0.179. The quantitative estimate of drug-likeness (QED) is 0.822. The fourth-order valence-electron chi connectivity index (χ4n) is 2.77. The molecule has 0 aromatic heterocycles. The number of morpholine rings is 1. The van der Waals surface area contributed by atoms with Crippen LogP contribution in [-0.4, -0.2) is 49.2 Å². The Kier molecular flexibility index (Phi) is 3.30. The van der Waals surface area contributed by atoms with Crippen LogP contribution in [0.1, 0.15) is 5.56 Å². The number of nitrogens with zero attached hydrogens (tertiary/aromatic N) is 1. The molecular weight excluding hydrogens is 228 g/mol. The molecule has 0 bridgehead atoms. The van der Waals surface area contributed by atoms with Gasteiger partial charge in [0.25, 0.3) is 0 Å². The van der Waals surface area contributed by atoms with Crippen molar-refractivity contribution in [2.45, 2.75) is 18.6 Å². The number of carbonyl (C=O) groups is 1. The van der Waals surface area contributed by atoms with Crippen LogP contribution < -0.4 is 5.32 Å². The summed E-state index contributed by atoms with van der Waals surface area (Å²) in [5.41, 5.74) is 1.08. The molecule has 2 atom stereocenters. The van der Waals surface area contributed by atoms with Gasteiger partial charge in [-0.25, -0.2) is 0 Å². The lowest BCUT2D eigenvalue weighted by Crippen LogP contribution is -2.53. The molecule has 2 aliphatic heterocycles. The van der Waals surface area contributed by atoms with Crippen molar-refractivity contribution >= 4 is 5.91 Å². The van der Waals surface area contributed by atoms with Crippen molar-refractivity contribution in [2.24, 2.45) is 0 Å². The van der Waals surface area contributed by atoms with Gasteiger partial charge in [0.15, 0.2) is 0 Å². The van der Waals surface area contributed by atoms with E-state index in [9.17, 15) is 4.79 Å². The molecular formula is C14H18N2O2. The van der Waals surface area contributed by atoms with Gasteiger partial charge < -0.3 is 15.0 Å². The van der Waals surface area contributed by atoms with E-state index < -0.39 is 0 Å². The SMILES string of the molecule is O=C(Cc1ccccc1)N1CCO[C@@H]2CNC[C@@H]21. The van der Waals surface area contributed by atoms with E-state index in [0.29, 0.717) is 19.6 Å². The average molecular weight is 246 g/mol. The number of fused-ring (bicyclic) bond motifs is 1. The summed E-state index contributed by atoms with van der Waals surface area (Å²) in [6.07, 6.45) is 0.669. The standard InChI is InChI=1S/C14H18N2O2/c17-14(8-11-4-2-1-3-5-11)16-6-7-18-13-10-15-9-12(13)16/h1-5,12-13,15H,6-10H2/t12-,13+/m0/s1. The van der Waals surface area contributed by atoms with Gasteiger partial charge in [-0.2, -0.15) is 0 Å². The summed E-state index contributed by atoms with van der Waals surface area (Å²) in [6, 6.07) is 10.1. The fraction of sp³-hybridized carbons (Fsp3) is 0.500. The highest BCUT2D eigenvalue weighted by Crippen LogP contribution is 2.18. The zero-order valence-electron chi connectivity index (χ0n) is 10.3. The molecule has 4 nitrogen and oxygen atoms in total. The van der Waals surface area contributed by atoms with Crippen molar-refractivity contribution in [1.82, 2.24) is 10.2 Å². The maximum atomic E-state index is 12.4. The summed E-state index contributed by atoms with van der Waals surface area (Å²) in [7, 11) is 0. The Morgan fingerprint density at radius 2 is 2.17 bits per heavy atom. The number of hydrogen-bond acceptors (Lipinski definition) is 3. The van der Waals surface area contributed by atoms with Crippen LogP contribution >= 0.6 is 0 Å². The van der Waals surface area contributed by atoms with E-state index in [1.165, 1.54) is 0 Å². The van der Waals surface area contributed by atoms with Gasteiger partial charge in [0, 0.05) is 19.6 Å². The summed E-state index contributed by atoms with van der Waals surface area (Å²) in [5, 5.41) is 3.29. The van der Waals surface area contributed by atoms with Crippen molar-refractivity contribution in [3.05, 3.63) is 35.9 Å². The first-order valence-electron chi connectivity index (χ1n) is 6.50.